The molecule has 2 aromatic rings. The highest BCUT2D eigenvalue weighted by Crippen LogP contribution is 2.24. The van der Waals surface area contributed by atoms with Crippen LogP contribution in [0.4, 0.5) is 0 Å². The Balaban J connectivity index is 2.58. The number of benzene rings is 1. The predicted molar refractivity (Wildman–Crippen MR) is 59.9 cm³/mol. The van der Waals surface area contributed by atoms with Crippen LogP contribution in [0.25, 0.3) is 11.1 Å². The molecule has 0 aliphatic heterocycles. The molecule has 0 fully saturated rings. The van der Waals surface area contributed by atoms with E-state index in [1.807, 2.05) is 30.3 Å². The average Bonchev–Trinajstić information content (AvgIpc) is 2.19. The number of aromatic amines is 1. The van der Waals surface area contributed by atoms with Crippen molar-refractivity contribution in [1.29, 1.82) is 0 Å². The molecule has 0 atom stereocenters. The third-order valence-electron chi connectivity index (χ3n) is 1.85. The largest absolute Gasteiger partial charge is 0.321 e. The van der Waals surface area contributed by atoms with Crippen LogP contribution in [-0.4, -0.2) is 9.97 Å². The molecule has 0 spiro atoms. The molecule has 0 bridgehead atoms. The summed E-state index contributed by atoms with van der Waals surface area (Å²) in [5.41, 5.74) is 1.89. The van der Waals surface area contributed by atoms with Gasteiger partial charge in [0.05, 0.1) is 0 Å². The van der Waals surface area contributed by atoms with Crippen LogP contribution in [0, 0.1) is 4.77 Å². The van der Waals surface area contributed by atoms with Gasteiger partial charge in [-0.2, -0.15) is 0 Å². The normalized spacial score (nSPS) is 10.1. The summed E-state index contributed by atoms with van der Waals surface area (Å²) in [6.07, 6.45) is 1.68. The molecule has 0 unspecified atom stereocenters. The summed E-state index contributed by atoms with van der Waals surface area (Å²) in [5, 5.41) is 0.524. The van der Waals surface area contributed by atoms with E-state index in [4.69, 9.17) is 23.8 Å². The number of halogens is 1. The molecule has 1 N–H and O–H groups in total. The summed E-state index contributed by atoms with van der Waals surface area (Å²) in [6, 6.07) is 9.80. The van der Waals surface area contributed by atoms with Gasteiger partial charge in [0.2, 0.25) is 0 Å². The van der Waals surface area contributed by atoms with Crippen LogP contribution in [-0.2, 0) is 0 Å². The molecule has 0 saturated heterocycles. The van der Waals surface area contributed by atoms with Crippen LogP contribution < -0.4 is 0 Å². The molecule has 1 heterocycles. The fraction of sp³-hybridized carbons (Fsp3) is 0. The van der Waals surface area contributed by atoms with Crippen molar-refractivity contribution >= 4 is 23.8 Å². The quantitative estimate of drug-likeness (QED) is 0.591. The Kier molecular flexibility index (Phi) is 2.61. The molecule has 1 aromatic carbocycles. The maximum absolute atomic E-state index is 6.00. The minimum absolute atomic E-state index is 0.398. The van der Waals surface area contributed by atoms with Crippen molar-refractivity contribution < 1.29 is 0 Å². The van der Waals surface area contributed by atoms with Crippen molar-refractivity contribution in [2.45, 2.75) is 0 Å². The second-order valence-electron chi connectivity index (χ2n) is 2.78. The molecule has 14 heavy (non-hydrogen) atoms. The molecule has 70 valence electrons. The number of nitrogens with one attached hydrogen (secondary N) is 1. The van der Waals surface area contributed by atoms with Crippen molar-refractivity contribution in [3.63, 3.8) is 0 Å². The average molecular weight is 223 g/mol. The minimum atomic E-state index is 0.398. The van der Waals surface area contributed by atoms with Gasteiger partial charge in [0, 0.05) is 11.8 Å². The van der Waals surface area contributed by atoms with Gasteiger partial charge in [0.1, 0.15) is 5.15 Å². The lowest BCUT2D eigenvalue weighted by atomic mass is 10.1. The summed E-state index contributed by atoms with van der Waals surface area (Å²) in [5.74, 6) is 0. The van der Waals surface area contributed by atoms with E-state index in [9.17, 15) is 0 Å². The first-order chi connectivity index (χ1) is 6.77. The Morgan fingerprint density at radius 1 is 1.21 bits per heavy atom. The highest BCUT2D eigenvalue weighted by atomic mass is 35.5. The van der Waals surface area contributed by atoms with E-state index in [1.165, 1.54) is 0 Å². The number of nitrogens with zero attached hydrogens (tertiary/aromatic N) is 1. The Bertz CT molecular complexity index is 493. The zero-order valence-electron chi connectivity index (χ0n) is 7.20. The van der Waals surface area contributed by atoms with E-state index in [0.717, 1.165) is 11.1 Å². The van der Waals surface area contributed by atoms with Crippen LogP contribution >= 0.6 is 23.8 Å². The van der Waals surface area contributed by atoms with Gasteiger partial charge in [-0.15, -0.1) is 0 Å². The van der Waals surface area contributed by atoms with Gasteiger partial charge in [0.15, 0.2) is 4.77 Å². The molecule has 2 nitrogen and oxygen atoms in total. The molecular weight excluding hydrogens is 216 g/mol. The zero-order valence-corrected chi connectivity index (χ0v) is 8.77. The fourth-order valence-corrected chi connectivity index (χ4v) is 1.65. The number of H-pyrrole nitrogens is 1. The first-order valence-corrected chi connectivity index (χ1v) is 4.86. The Hall–Kier alpha value is -1.19. The lowest BCUT2D eigenvalue weighted by molar-refractivity contribution is 1.14. The Labute approximate surface area is 91.6 Å². The van der Waals surface area contributed by atoms with Gasteiger partial charge >= 0.3 is 0 Å². The number of aromatic nitrogens is 2. The lowest BCUT2D eigenvalue weighted by Crippen LogP contribution is -1.86. The molecular formula is C10H7ClN2S. The minimum Gasteiger partial charge on any atom is -0.321 e. The second kappa shape index (κ2) is 3.90. The van der Waals surface area contributed by atoms with Crippen LogP contribution in [0.2, 0.25) is 5.15 Å². The third kappa shape index (κ3) is 1.84. The molecule has 2 rings (SSSR count). The van der Waals surface area contributed by atoms with Crippen LogP contribution in [0.3, 0.4) is 0 Å². The summed E-state index contributed by atoms with van der Waals surface area (Å²) >= 11 is 10.9. The lowest BCUT2D eigenvalue weighted by Gasteiger charge is -2.02. The number of hydrogen-bond donors (Lipinski definition) is 1. The summed E-state index contributed by atoms with van der Waals surface area (Å²) in [4.78, 5) is 6.80. The first-order valence-electron chi connectivity index (χ1n) is 4.07. The van der Waals surface area contributed by atoms with Gasteiger partial charge in [-0.1, -0.05) is 41.9 Å². The van der Waals surface area contributed by atoms with Crippen molar-refractivity contribution in [2.75, 3.05) is 0 Å². The summed E-state index contributed by atoms with van der Waals surface area (Å²) in [6.45, 7) is 0. The van der Waals surface area contributed by atoms with Gasteiger partial charge in [-0.05, 0) is 17.8 Å². The zero-order chi connectivity index (χ0) is 9.97. The van der Waals surface area contributed by atoms with Crippen LogP contribution in [0.1, 0.15) is 0 Å². The predicted octanol–water partition coefficient (Wildman–Crippen LogP) is 3.46. The standard InChI is InChI=1S/C10H7ClN2S/c11-9-8(6-12-10(14)13-9)7-4-2-1-3-5-7/h1-6H,(H,12,13,14). The maximum Gasteiger partial charge on any atom is 0.197 e. The van der Waals surface area contributed by atoms with Crippen molar-refractivity contribution in [2.24, 2.45) is 0 Å². The highest BCUT2D eigenvalue weighted by Gasteiger charge is 2.02. The molecule has 0 saturated carbocycles. The Morgan fingerprint density at radius 2 is 1.93 bits per heavy atom. The van der Waals surface area contributed by atoms with E-state index in [1.54, 1.807) is 6.20 Å². The summed E-state index contributed by atoms with van der Waals surface area (Å²) in [7, 11) is 0. The molecule has 0 amide bonds. The third-order valence-corrected chi connectivity index (χ3v) is 2.35. The van der Waals surface area contributed by atoms with Gasteiger partial charge in [-0.3, -0.25) is 0 Å². The number of rotatable bonds is 1. The monoisotopic (exact) mass is 222 g/mol. The first kappa shape index (κ1) is 9.37. The van der Waals surface area contributed by atoms with E-state index in [-0.39, 0.29) is 0 Å². The molecule has 4 heteroatoms. The number of hydrogen-bond acceptors (Lipinski definition) is 2. The van der Waals surface area contributed by atoms with E-state index in [0.29, 0.717) is 9.92 Å². The van der Waals surface area contributed by atoms with Gasteiger partial charge < -0.3 is 4.98 Å². The van der Waals surface area contributed by atoms with E-state index in [2.05, 4.69) is 9.97 Å². The fourth-order valence-electron chi connectivity index (χ4n) is 1.19. The summed E-state index contributed by atoms with van der Waals surface area (Å²) < 4.78 is 0.398. The maximum atomic E-state index is 6.00. The molecule has 0 radical (unpaired) electrons. The topological polar surface area (TPSA) is 28.7 Å². The van der Waals surface area contributed by atoms with Crippen molar-refractivity contribution in [3.05, 3.63) is 46.5 Å². The van der Waals surface area contributed by atoms with Gasteiger partial charge in [-0.25, -0.2) is 4.98 Å². The molecule has 1 aromatic heterocycles. The van der Waals surface area contributed by atoms with Crippen molar-refractivity contribution in [1.82, 2.24) is 9.97 Å². The second-order valence-corrected chi connectivity index (χ2v) is 3.55. The van der Waals surface area contributed by atoms with E-state index >= 15 is 0 Å². The van der Waals surface area contributed by atoms with Crippen LogP contribution in [0.15, 0.2) is 36.5 Å². The van der Waals surface area contributed by atoms with E-state index < -0.39 is 0 Å². The van der Waals surface area contributed by atoms with Gasteiger partial charge in [0.25, 0.3) is 0 Å². The smallest absolute Gasteiger partial charge is 0.197 e. The van der Waals surface area contributed by atoms with Crippen molar-refractivity contribution in [3.8, 4) is 11.1 Å². The molecule has 0 aliphatic rings. The molecule has 0 aliphatic carbocycles. The highest BCUT2D eigenvalue weighted by molar-refractivity contribution is 7.71. The Morgan fingerprint density at radius 3 is 2.57 bits per heavy atom. The van der Waals surface area contributed by atoms with Crippen LogP contribution in [0.5, 0.6) is 0 Å². The SMILES string of the molecule is S=c1ncc(-c2ccccc2)c(Cl)[nH]1.